The van der Waals surface area contributed by atoms with Crippen molar-refractivity contribution in [1.82, 2.24) is 9.62 Å². The van der Waals surface area contributed by atoms with Crippen LogP contribution in [-0.2, 0) is 19.6 Å². The van der Waals surface area contributed by atoms with Crippen molar-refractivity contribution in [3.63, 3.8) is 0 Å². The van der Waals surface area contributed by atoms with Crippen LogP contribution in [-0.4, -0.2) is 89.4 Å². The number of sulfonamides is 1. The van der Waals surface area contributed by atoms with Crippen molar-refractivity contribution < 1.29 is 22.7 Å². The third-order valence-corrected chi connectivity index (χ3v) is 12.9. The number of hydrogen-bond donors (Lipinski definition) is 2. The quantitative estimate of drug-likeness (QED) is 0.456. The molecule has 3 N–H and O–H groups in total. The molecule has 12 heteroatoms. The molecule has 242 valence electrons. The van der Waals surface area contributed by atoms with E-state index in [-0.39, 0.29) is 35.8 Å². The van der Waals surface area contributed by atoms with Gasteiger partial charge < -0.3 is 25.6 Å². The first-order chi connectivity index (χ1) is 21.7. The monoisotopic (exact) mass is 636 g/mol. The fraction of sp³-hybridized carbons (Fsp3) is 0.576. The lowest BCUT2D eigenvalue weighted by Gasteiger charge is -2.59. The summed E-state index contributed by atoms with van der Waals surface area (Å²) >= 11 is 0. The Kier molecular flexibility index (Phi) is 7.94. The van der Waals surface area contributed by atoms with Crippen LogP contribution in [0.1, 0.15) is 32.1 Å². The molecule has 2 heterocycles. The number of urea groups is 1. The van der Waals surface area contributed by atoms with Crippen LogP contribution in [0.3, 0.4) is 0 Å². The fourth-order valence-corrected chi connectivity index (χ4v) is 10.4. The molecule has 5 atom stereocenters. The summed E-state index contributed by atoms with van der Waals surface area (Å²) in [5, 5.41) is 3.41. The highest BCUT2D eigenvalue weighted by Crippen LogP contribution is 2.60. The van der Waals surface area contributed by atoms with Gasteiger partial charge in [-0.05, 0) is 86.3 Å². The number of piperazine rings is 1. The van der Waals surface area contributed by atoms with Crippen LogP contribution in [0.5, 0.6) is 0 Å². The molecule has 2 aliphatic heterocycles. The Morgan fingerprint density at radius 3 is 2.18 bits per heavy atom. The number of amides is 3. The van der Waals surface area contributed by atoms with Crippen LogP contribution in [0.15, 0.2) is 48.5 Å². The molecule has 11 nitrogen and oxygen atoms in total. The molecular weight excluding hydrogens is 592 g/mol. The lowest BCUT2D eigenvalue weighted by Crippen LogP contribution is -2.63. The summed E-state index contributed by atoms with van der Waals surface area (Å²) < 4.78 is 31.6. The highest BCUT2D eigenvalue weighted by atomic mass is 32.2. The Morgan fingerprint density at radius 1 is 0.889 bits per heavy atom. The first-order valence-electron chi connectivity index (χ1n) is 16.2. The SMILES string of the molecule is COCCS(=O)(=O)N1CCN(c2ccc(N3CCN(C(=O)NC4[C@@H]5CC6C[C@H]4CC(C(N)=O)(C6)C5)c4ccccc43)cc2)CC1. The molecule has 2 aromatic rings. The number of nitrogens with two attached hydrogens (primary N) is 1. The van der Waals surface area contributed by atoms with Gasteiger partial charge in [0.25, 0.3) is 0 Å². The summed E-state index contributed by atoms with van der Waals surface area (Å²) in [6.07, 6.45) is 4.65. The molecule has 8 rings (SSSR count). The minimum atomic E-state index is -3.30. The van der Waals surface area contributed by atoms with Crippen molar-refractivity contribution in [2.45, 2.75) is 38.1 Å². The summed E-state index contributed by atoms with van der Waals surface area (Å²) in [7, 11) is -1.79. The van der Waals surface area contributed by atoms with Crippen molar-refractivity contribution >= 4 is 44.7 Å². The number of rotatable bonds is 8. The van der Waals surface area contributed by atoms with Gasteiger partial charge in [-0.2, -0.15) is 4.31 Å². The number of primary amides is 1. The van der Waals surface area contributed by atoms with Crippen molar-refractivity contribution in [1.29, 1.82) is 0 Å². The number of anilines is 4. The number of nitrogens with one attached hydrogen (secondary N) is 1. The van der Waals surface area contributed by atoms with E-state index in [1.807, 2.05) is 23.1 Å². The average molecular weight is 637 g/mol. The highest BCUT2D eigenvalue weighted by Gasteiger charge is 2.58. The molecule has 2 aromatic carbocycles. The van der Waals surface area contributed by atoms with E-state index >= 15 is 0 Å². The second kappa shape index (κ2) is 11.8. The summed E-state index contributed by atoms with van der Waals surface area (Å²) in [6, 6.07) is 16.5. The van der Waals surface area contributed by atoms with E-state index in [1.165, 1.54) is 7.11 Å². The first-order valence-corrected chi connectivity index (χ1v) is 17.8. The maximum Gasteiger partial charge on any atom is 0.322 e. The number of nitrogens with zero attached hydrogens (tertiary/aromatic N) is 4. The number of hydrogen-bond acceptors (Lipinski definition) is 7. The molecule has 5 fully saturated rings. The third kappa shape index (κ3) is 5.54. The van der Waals surface area contributed by atoms with Crippen molar-refractivity contribution in [2.24, 2.45) is 28.9 Å². The van der Waals surface area contributed by atoms with E-state index in [0.717, 1.165) is 54.9 Å². The van der Waals surface area contributed by atoms with Gasteiger partial charge in [-0.15, -0.1) is 0 Å². The summed E-state index contributed by atoms with van der Waals surface area (Å²) in [5.74, 6) is 1.02. The molecule has 4 saturated carbocycles. The van der Waals surface area contributed by atoms with E-state index in [0.29, 0.717) is 57.0 Å². The third-order valence-electron chi connectivity index (χ3n) is 11.0. The zero-order chi connectivity index (χ0) is 31.3. The van der Waals surface area contributed by atoms with E-state index in [4.69, 9.17) is 10.5 Å². The molecule has 4 bridgehead atoms. The molecule has 0 aromatic heterocycles. The van der Waals surface area contributed by atoms with Crippen molar-refractivity contribution in [3.05, 3.63) is 48.5 Å². The minimum absolute atomic E-state index is 0.00815. The average Bonchev–Trinajstić information content (AvgIpc) is 3.04. The molecule has 3 unspecified atom stereocenters. The molecular formula is C33H44N6O5S. The normalized spacial score (nSPS) is 29.5. The topological polar surface area (TPSA) is 129 Å². The minimum Gasteiger partial charge on any atom is -0.384 e. The zero-order valence-electron chi connectivity index (χ0n) is 25.9. The number of para-hydroxylation sites is 2. The van der Waals surface area contributed by atoms with E-state index in [2.05, 4.69) is 45.4 Å². The van der Waals surface area contributed by atoms with Gasteiger partial charge >= 0.3 is 6.03 Å². The van der Waals surface area contributed by atoms with Crippen molar-refractivity contribution in [2.75, 3.05) is 73.4 Å². The Morgan fingerprint density at radius 2 is 1.53 bits per heavy atom. The molecule has 45 heavy (non-hydrogen) atoms. The Hall–Kier alpha value is -3.35. The molecule has 6 aliphatic rings. The van der Waals surface area contributed by atoms with Gasteiger partial charge in [-0.25, -0.2) is 13.2 Å². The van der Waals surface area contributed by atoms with Gasteiger partial charge in [-0.3, -0.25) is 9.69 Å². The number of carbonyl (C=O) groups excluding carboxylic acids is 2. The molecule has 0 spiro atoms. The van der Waals surface area contributed by atoms with Crippen molar-refractivity contribution in [3.8, 4) is 0 Å². The summed E-state index contributed by atoms with van der Waals surface area (Å²) in [5.41, 5.74) is 9.49. The Balaban J connectivity index is 1.01. The Labute approximate surface area is 265 Å². The summed E-state index contributed by atoms with van der Waals surface area (Å²) in [4.78, 5) is 32.5. The van der Waals surface area contributed by atoms with E-state index < -0.39 is 10.0 Å². The zero-order valence-corrected chi connectivity index (χ0v) is 26.8. The number of benzene rings is 2. The number of fused-ring (bicyclic) bond motifs is 1. The van der Waals surface area contributed by atoms with Crippen LogP contribution in [0.25, 0.3) is 0 Å². The van der Waals surface area contributed by atoms with Crippen LogP contribution >= 0.6 is 0 Å². The van der Waals surface area contributed by atoms with Crippen LogP contribution in [0.4, 0.5) is 27.5 Å². The van der Waals surface area contributed by atoms with E-state index in [1.54, 1.807) is 4.31 Å². The first kappa shape index (κ1) is 30.3. The predicted molar refractivity (Wildman–Crippen MR) is 174 cm³/mol. The predicted octanol–water partition coefficient (Wildman–Crippen LogP) is 3.13. The number of methoxy groups -OCH3 is 1. The van der Waals surface area contributed by atoms with Crippen LogP contribution < -0.4 is 25.8 Å². The van der Waals surface area contributed by atoms with Crippen LogP contribution in [0, 0.1) is 23.2 Å². The molecule has 3 amide bonds. The maximum absolute atomic E-state index is 13.8. The maximum atomic E-state index is 13.8. The second-order valence-corrected chi connectivity index (χ2v) is 15.7. The van der Waals surface area contributed by atoms with Gasteiger partial charge in [0, 0.05) is 69.2 Å². The lowest BCUT2D eigenvalue weighted by atomic mass is 9.47. The Bertz CT molecular complexity index is 1530. The van der Waals surface area contributed by atoms with Crippen LogP contribution in [0.2, 0.25) is 0 Å². The summed E-state index contributed by atoms with van der Waals surface area (Å²) in [6.45, 7) is 3.60. The second-order valence-electron chi connectivity index (χ2n) is 13.6. The van der Waals surface area contributed by atoms with Gasteiger partial charge in [0.1, 0.15) is 0 Å². The van der Waals surface area contributed by atoms with Gasteiger partial charge in [0.15, 0.2) is 0 Å². The number of ether oxygens (including phenoxy) is 1. The molecule has 4 aliphatic carbocycles. The standard InChI is InChI=1S/C33H44N6O5S/c1-44-16-17-45(42,43)37-12-10-36(11-13-37)26-6-8-27(9-7-26)38-14-15-39(29-5-3-2-4-28(29)38)32(41)35-30-24-18-23-19-25(30)22-33(20-23,21-24)31(34)40/h2-9,23-25,30H,10-22H2,1H3,(H2,34,40)(H,35,41)/t23?,24-,25+,30?,33?. The largest absolute Gasteiger partial charge is 0.384 e. The highest BCUT2D eigenvalue weighted by molar-refractivity contribution is 7.89. The number of carbonyl (C=O) groups is 2. The molecule has 1 saturated heterocycles. The van der Waals surface area contributed by atoms with E-state index in [9.17, 15) is 18.0 Å². The fourth-order valence-electron chi connectivity index (χ4n) is 9.01. The van der Waals surface area contributed by atoms with Gasteiger partial charge in [0.2, 0.25) is 15.9 Å². The molecule has 0 radical (unpaired) electrons. The van der Waals surface area contributed by atoms with Gasteiger partial charge in [0.05, 0.1) is 23.7 Å². The lowest BCUT2D eigenvalue weighted by molar-refractivity contribution is -0.145. The van der Waals surface area contributed by atoms with Gasteiger partial charge in [-0.1, -0.05) is 12.1 Å². The smallest absolute Gasteiger partial charge is 0.322 e.